The van der Waals surface area contributed by atoms with Crippen LogP contribution in [0.3, 0.4) is 0 Å². The molecular formula is C14H18N2OS. The monoisotopic (exact) mass is 262 g/mol. The van der Waals surface area contributed by atoms with E-state index in [1.54, 1.807) is 13.0 Å². The van der Waals surface area contributed by atoms with Crippen molar-refractivity contribution >= 4 is 17.4 Å². The molecule has 0 radical (unpaired) electrons. The highest BCUT2D eigenvalue weighted by atomic mass is 32.2. The van der Waals surface area contributed by atoms with Gasteiger partial charge < -0.3 is 10.0 Å². The van der Waals surface area contributed by atoms with Gasteiger partial charge in [-0.25, -0.2) is 0 Å². The van der Waals surface area contributed by atoms with E-state index in [4.69, 9.17) is 5.26 Å². The molecule has 96 valence electrons. The van der Waals surface area contributed by atoms with Gasteiger partial charge in [-0.2, -0.15) is 17.0 Å². The van der Waals surface area contributed by atoms with Crippen LogP contribution in [0.5, 0.6) is 0 Å². The van der Waals surface area contributed by atoms with Crippen LogP contribution in [0, 0.1) is 11.3 Å². The Labute approximate surface area is 112 Å². The minimum absolute atomic E-state index is 0.501. The third-order valence-corrected chi connectivity index (χ3v) is 4.59. The van der Waals surface area contributed by atoms with Crippen LogP contribution < -0.4 is 4.90 Å². The second-order valence-electron chi connectivity index (χ2n) is 4.69. The number of anilines is 1. The first-order valence-electron chi connectivity index (χ1n) is 6.16. The first-order valence-corrected chi connectivity index (χ1v) is 7.31. The molecule has 1 aliphatic rings. The van der Waals surface area contributed by atoms with Gasteiger partial charge in [0.2, 0.25) is 0 Å². The highest BCUT2D eigenvalue weighted by molar-refractivity contribution is 7.99. The molecule has 1 unspecified atom stereocenters. The molecular weight excluding hydrogens is 244 g/mol. The van der Waals surface area contributed by atoms with Crippen LogP contribution in [-0.4, -0.2) is 29.7 Å². The van der Waals surface area contributed by atoms with E-state index in [0.717, 1.165) is 23.4 Å². The van der Waals surface area contributed by atoms with Crippen molar-refractivity contribution in [2.45, 2.75) is 25.5 Å². The number of aliphatic hydroxyl groups excluding tert-OH is 1. The van der Waals surface area contributed by atoms with Crippen LogP contribution in [-0.2, 0) is 0 Å². The Morgan fingerprint density at radius 1 is 1.56 bits per heavy atom. The Morgan fingerprint density at radius 2 is 2.33 bits per heavy atom. The minimum Gasteiger partial charge on any atom is -0.389 e. The van der Waals surface area contributed by atoms with E-state index in [1.807, 2.05) is 23.9 Å². The number of hydrogen-bond donors (Lipinski definition) is 1. The molecule has 1 heterocycles. The largest absolute Gasteiger partial charge is 0.389 e. The lowest BCUT2D eigenvalue weighted by Gasteiger charge is -2.29. The summed E-state index contributed by atoms with van der Waals surface area (Å²) in [5, 5.41) is 18.8. The van der Waals surface area contributed by atoms with Gasteiger partial charge in [0.25, 0.3) is 0 Å². The van der Waals surface area contributed by atoms with Gasteiger partial charge in [0.05, 0.1) is 17.7 Å². The van der Waals surface area contributed by atoms with Crippen molar-refractivity contribution < 1.29 is 5.11 Å². The molecule has 1 saturated heterocycles. The second kappa shape index (κ2) is 5.64. The standard InChI is InChI=1S/C14H18N2OS/c1-10(17)13-4-3-11(8-15)7-14(13)16(2)12-5-6-18-9-12/h3-4,7,10,12,17H,5-6,9H2,1-2H3/t10-,12?/m0/s1. The normalized spacial score (nSPS) is 20.4. The molecule has 0 amide bonds. The Kier molecular flexibility index (Phi) is 4.15. The SMILES string of the molecule is C[C@H](O)c1ccc(C#N)cc1N(C)C1CCSC1. The molecule has 1 aliphatic heterocycles. The van der Waals surface area contributed by atoms with Crippen LogP contribution in [0.4, 0.5) is 5.69 Å². The maximum Gasteiger partial charge on any atom is 0.0992 e. The number of hydrogen-bond acceptors (Lipinski definition) is 4. The van der Waals surface area contributed by atoms with E-state index < -0.39 is 6.10 Å². The average Bonchev–Trinajstić information content (AvgIpc) is 2.90. The van der Waals surface area contributed by atoms with Gasteiger partial charge in [0.1, 0.15) is 0 Å². The maximum absolute atomic E-state index is 9.85. The van der Waals surface area contributed by atoms with Crippen molar-refractivity contribution in [1.29, 1.82) is 5.26 Å². The van der Waals surface area contributed by atoms with Gasteiger partial charge in [-0.05, 0) is 31.2 Å². The zero-order chi connectivity index (χ0) is 13.1. The lowest BCUT2D eigenvalue weighted by Crippen LogP contribution is -2.32. The summed E-state index contributed by atoms with van der Waals surface area (Å²) in [7, 11) is 2.05. The summed E-state index contributed by atoms with van der Waals surface area (Å²) in [6.07, 6.45) is 0.654. The summed E-state index contributed by atoms with van der Waals surface area (Å²) < 4.78 is 0. The van der Waals surface area contributed by atoms with Crippen molar-refractivity contribution in [2.75, 3.05) is 23.5 Å². The molecule has 18 heavy (non-hydrogen) atoms. The van der Waals surface area contributed by atoms with Gasteiger partial charge in [-0.1, -0.05) is 6.07 Å². The van der Waals surface area contributed by atoms with Gasteiger partial charge in [0, 0.05) is 30.1 Å². The van der Waals surface area contributed by atoms with Gasteiger partial charge in [-0.15, -0.1) is 0 Å². The number of nitrogens with zero attached hydrogens (tertiary/aromatic N) is 2. The summed E-state index contributed by atoms with van der Waals surface area (Å²) in [5.74, 6) is 2.31. The molecule has 0 aromatic heterocycles. The van der Waals surface area contributed by atoms with Crippen molar-refractivity contribution in [3.05, 3.63) is 29.3 Å². The van der Waals surface area contributed by atoms with E-state index in [0.29, 0.717) is 11.6 Å². The Hall–Kier alpha value is -1.18. The fraction of sp³-hybridized carbons (Fsp3) is 0.500. The highest BCUT2D eigenvalue weighted by Crippen LogP contribution is 2.31. The van der Waals surface area contributed by atoms with Crippen LogP contribution >= 0.6 is 11.8 Å². The zero-order valence-corrected chi connectivity index (χ0v) is 11.6. The van der Waals surface area contributed by atoms with Crippen LogP contribution in [0.15, 0.2) is 18.2 Å². The predicted octanol–water partition coefficient (Wildman–Crippen LogP) is 2.55. The molecule has 0 spiro atoms. The van der Waals surface area contributed by atoms with Gasteiger partial charge >= 0.3 is 0 Å². The quantitative estimate of drug-likeness (QED) is 0.909. The van der Waals surface area contributed by atoms with Crippen LogP contribution in [0.25, 0.3) is 0 Å². The minimum atomic E-state index is -0.510. The molecule has 1 aromatic rings. The molecule has 4 heteroatoms. The average molecular weight is 262 g/mol. The van der Waals surface area contributed by atoms with E-state index >= 15 is 0 Å². The van der Waals surface area contributed by atoms with Gasteiger partial charge in [0.15, 0.2) is 0 Å². The number of nitriles is 1. The molecule has 2 atom stereocenters. The van der Waals surface area contributed by atoms with Crippen molar-refractivity contribution in [1.82, 2.24) is 0 Å². The van der Waals surface area contributed by atoms with Gasteiger partial charge in [-0.3, -0.25) is 0 Å². The topological polar surface area (TPSA) is 47.3 Å². The summed E-state index contributed by atoms with van der Waals surface area (Å²) >= 11 is 1.96. The Bertz CT molecular complexity index is 461. The summed E-state index contributed by atoms with van der Waals surface area (Å²) in [4.78, 5) is 2.21. The highest BCUT2D eigenvalue weighted by Gasteiger charge is 2.23. The van der Waals surface area contributed by atoms with Crippen LogP contribution in [0.2, 0.25) is 0 Å². The molecule has 3 nitrogen and oxygen atoms in total. The van der Waals surface area contributed by atoms with E-state index in [-0.39, 0.29) is 0 Å². The number of rotatable bonds is 3. The molecule has 0 saturated carbocycles. The molecule has 0 aliphatic carbocycles. The van der Waals surface area contributed by atoms with E-state index in [1.165, 1.54) is 5.75 Å². The Balaban J connectivity index is 2.36. The van der Waals surface area contributed by atoms with Crippen molar-refractivity contribution in [3.63, 3.8) is 0 Å². The lowest BCUT2D eigenvalue weighted by atomic mass is 10.0. The number of aliphatic hydroxyl groups is 1. The lowest BCUT2D eigenvalue weighted by molar-refractivity contribution is 0.199. The van der Waals surface area contributed by atoms with Crippen molar-refractivity contribution in [2.24, 2.45) is 0 Å². The molecule has 0 bridgehead atoms. The van der Waals surface area contributed by atoms with Crippen LogP contribution in [0.1, 0.15) is 30.6 Å². The van der Waals surface area contributed by atoms with E-state index in [9.17, 15) is 5.11 Å². The first kappa shape index (κ1) is 13.3. The molecule has 1 N–H and O–H groups in total. The molecule has 1 fully saturated rings. The molecule has 1 aromatic carbocycles. The third-order valence-electron chi connectivity index (χ3n) is 3.44. The van der Waals surface area contributed by atoms with E-state index in [2.05, 4.69) is 18.0 Å². The summed E-state index contributed by atoms with van der Waals surface area (Å²) in [6, 6.07) is 8.17. The Morgan fingerprint density at radius 3 is 2.89 bits per heavy atom. The maximum atomic E-state index is 9.85. The second-order valence-corrected chi connectivity index (χ2v) is 5.84. The number of thioether (sulfide) groups is 1. The predicted molar refractivity (Wildman–Crippen MR) is 75.9 cm³/mol. The fourth-order valence-electron chi connectivity index (χ4n) is 2.30. The summed E-state index contributed by atoms with van der Waals surface area (Å²) in [5.41, 5.74) is 2.52. The molecule has 2 rings (SSSR count). The zero-order valence-electron chi connectivity index (χ0n) is 10.8. The number of benzene rings is 1. The smallest absolute Gasteiger partial charge is 0.0992 e. The van der Waals surface area contributed by atoms with Crippen molar-refractivity contribution in [3.8, 4) is 6.07 Å². The summed E-state index contributed by atoms with van der Waals surface area (Å²) in [6.45, 7) is 1.77. The first-order chi connectivity index (χ1) is 8.63. The fourth-order valence-corrected chi connectivity index (χ4v) is 3.56. The third kappa shape index (κ3) is 2.63.